The lowest BCUT2D eigenvalue weighted by molar-refractivity contribution is -0.179. The Hall–Kier alpha value is -2.81. The average molecular weight is 461 g/mol. The second kappa shape index (κ2) is 9.59. The normalized spacial score (nSPS) is 18.8. The summed E-state index contributed by atoms with van der Waals surface area (Å²) in [6, 6.07) is 6.26. The first kappa shape index (κ1) is 26.4. The van der Waals surface area contributed by atoms with E-state index >= 15 is 0 Å². The van der Waals surface area contributed by atoms with E-state index in [-0.39, 0.29) is 48.3 Å². The number of aliphatic hydroxyl groups is 4. The van der Waals surface area contributed by atoms with Crippen LogP contribution in [0.5, 0.6) is 0 Å². The Kier molecular flexibility index (Phi) is 7.68. The van der Waals surface area contributed by atoms with E-state index in [0.717, 1.165) is 6.92 Å². The van der Waals surface area contributed by atoms with Gasteiger partial charge < -0.3 is 25.2 Å². The number of fused-ring (bicyclic) bond motifs is 1. The Balaban J connectivity index is 2.09. The third kappa shape index (κ3) is 5.96. The molecule has 1 aliphatic carbocycles. The van der Waals surface area contributed by atoms with Crippen molar-refractivity contribution in [3.05, 3.63) is 53.6 Å². The van der Waals surface area contributed by atoms with E-state index in [2.05, 4.69) is 6.58 Å². The molecule has 0 bridgehead atoms. The van der Waals surface area contributed by atoms with Gasteiger partial charge in [-0.1, -0.05) is 44.2 Å². The van der Waals surface area contributed by atoms with Gasteiger partial charge >= 0.3 is 5.97 Å². The van der Waals surface area contributed by atoms with Crippen molar-refractivity contribution in [3.63, 3.8) is 0 Å². The molecule has 1 aromatic rings. The van der Waals surface area contributed by atoms with Crippen LogP contribution in [0.25, 0.3) is 5.76 Å². The summed E-state index contributed by atoms with van der Waals surface area (Å²) in [7, 11) is 0. The molecule has 0 radical (unpaired) electrons. The van der Waals surface area contributed by atoms with E-state index in [1.54, 1.807) is 32.0 Å². The maximum atomic E-state index is 12.6. The predicted octanol–water partition coefficient (Wildman–Crippen LogP) is 2.51. The van der Waals surface area contributed by atoms with Crippen LogP contribution >= 0.6 is 0 Å². The minimum absolute atomic E-state index is 0.0576. The zero-order chi connectivity index (χ0) is 25.2. The van der Waals surface area contributed by atoms with Gasteiger partial charge in [0.05, 0.1) is 18.3 Å². The summed E-state index contributed by atoms with van der Waals surface area (Å²) in [5, 5.41) is 41.3. The summed E-state index contributed by atoms with van der Waals surface area (Å²) in [6.45, 7) is 9.18. The van der Waals surface area contributed by atoms with E-state index in [0.29, 0.717) is 0 Å². The van der Waals surface area contributed by atoms with Gasteiger partial charge in [0.1, 0.15) is 5.76 Å². The Morgan fingerprint density at radius 2 is 1.67 bits per heavy atom. The smallest absolute Gasteiger partial charge is 0.340 e. The summed E-state index contributed by atoms with van der Waals surface area (Å²) in [5.74, 6) is -2.89. The monoisotopic (exact) mass is 460 g/mol. The molecule has 180 valence electrons. The second-order valence-electron chi connectivity index (χ2n) is 9.71. The molecule has 4 N–H and O–H groups in total. The van der Waals surface area contributed by atoms with E-state index in [1.807, 2.05) is 0 Å². The summed E-state index contributed by atoms with van der Waals surface area (Å²) in [4.78, 5) is 37.5. The number of aliphatic hydroxyl groups excluding tert-OH is 2. The quantitative estimate of drug-likeness (QED) is 0.237. The molecule has 1 aromatic carbocycles. The van der Waals surface area contributed by atoms with Gasteiger partial charge in [0, 0.05) is 22.1 Å². The van der Waals surface area contributed by atoms with Crippen molar-refractivity contribution in [1.29, 1.82) is 0 Å². The number of carbonyl (C=O) groups is 3. The highest BCUT2D eigenvalue weighted by Crippen LogP contribution is 2.35. The third-order valence-corrected chi connectivity index (χ3v) is 5.87. The highest BCUT2D eigenvalue weighted by atomic mass is 16.6. The number of hydrogen-bond acceptors (Lipinski definition) is 8. The van der Waals surface area contributed by atoms with Crippen LogP contribution in [0.1, 0.15) is 62.9 Å². The van der Waals surface area contributed by atoms with Crippen LogP contribution in [-0.4, -0.2) is 61.9 Å². The largest absolute Gasteiger partial charge is 0.507 e. The van der Waals surface area contributed by atoms with Crippen LogP contribution in [0.4, 0.5) is 0 Å². The van der Waals surface area contributed by atoms with Gasteiger partial charge in [-0.25, -0.2) is 4.79 Å². The molecular formula is C25H32O8. The minimum atomic E-state index is -2.23. The molecule has 0 saturated carbocycles. The molecule has 8 heteroatoms. The first-order chi connectivity index (χ1) is 15.1. The molecule has 3 atom stereocenters. The van der Waals surface area contributed by atoms with Crippen LogP contribution in [-0.2, 0) is 14.3 Å². The lowest BCUT2D eigenvalue weighted by Crippen LogP contribution is -2.49. The van der Waals surface area contributed by atoms with Crippen molar-refractivity contribution >= 4 is 23.3 Å². The van der Waals surface area contributed by atoms with Crippen LogP contribution in [0.3, 0.4) is 0 Å². The highest BCUT2D eigenvalue weighted by Gasteiger charge is 2.42. The number of carbonyl (C=O) groups excluding carboxylic acids is 3. The maximum absolute atomic E-state index is 12.6. The molecule has 0 fully saturated rings. The SMILES string of the molecule is C=CC(C)(O)CCC(O)C(C)(O)C(=O)OCC(C)(C)CC1=C(O)c2ccccc2C(=O)C1=O. The zero-order valence-electron chi connectivity index (χ0n) is 19.4. The van der Waals surface area contributed by atoms with Gasteiger partial charge in [0.15, 0.2) is 5.60 Å². The van der Waals surface area contributed by atoms with Crippen molar-refractivity contribution in [2.24, 2.45) is 5.41 Å². The molecule has 0 aliphatic heterocycles. The molecule has 0 amide bonds. The topological polar surface area (TPSA) is 141 Å². The maximum Gasteiger partial charge on any atom is 0.340 e. The fraction of sp³-hybridized carbons (Fsp3) is 0.480. The molecule has 33 heavy (non-hydrogen) atoms. The number of ether oxygens (including phenoxy) is 1. The van der Waals surface area contributed by atoms with Crippen LogP contribution in [0, 0.1) is 5.41 Å². The Labute approximate surface area is 193 Å². The molecule has 0 heterocycles. The van der Waals surface area contributed by atoms with Gasteiger partial charge in [-0.2, -0.15) is 0 Å². The molecule has 1 aliphatic rings. The van der Waals surface area contributed by atoms with Gasteiger partial charge in [0.2, 0.25) is 11.6 Å². The number of esters is 1. The molecule has 3 unspecified atom stereocenters. The van der Waals surface area contributed by atoms with Crippen LogP contribution in [0.2, 0.25) is 0 Å². The van der Waals surface area contributed by atoms with Crippen molar-refractivity contribution in [2.45, 2.75) is 64.3 Å². The van der Waals surface area contributed by atoms with Crippen molar-refractivity contribution in [2.75, 3.05) is 6.61 Å². The van der Waals surface area contributed by atoms with Gasteiger partial charge in [-0.15, -0.1) is 6.58 Å². The minimum Gasteiger partial charge on any atom is -0.507 e. The number of hydrogen-bond donors (Lipinski definition) is 4. The summed E-state index contributed by atoms with van der Waals surface area (Å²) in [5.41, 5.74) is -4.04. The Morgan fingerprint density at radius 1 is 1.09 bits per heavy atom. The number of rotatable bonds is 10. The summed E-state index contributed by atoms with van der Waals surface area (Å²) >= 11 is 0. The van der Waals surface area contributed by atoms with E-state index < -0.39 is 40.3 Å². The van der Waals surface area contributed by atoms with Gasteiger partial charge in [-0.3, -0.25) is 9.59 Å². The Bertz CT molecular complexity index is 984. The van der Waals surface area contributed by atoms with E-state index in [9.17, 15) is 34.8 Å². The fourth-order valence-corrected chi connectivity index (χ4v) is 3.47. The first-order valence-corrected chi connectivity index (χ1v) is 10.7. The van der Waals surface area contributed by atoms with Crippen LogP contribution < -0.4 is 0 Å². The standard InChI is InChI=1S/C25H32O8/c1-6-24(4,31)12-11-18(26)25(5,32)22(30)33-14-23(2,3)13-17-19(27)15-9-7-8-10-16(15)20(28)21(17)29/h6-10,18,26-27,31-32H,1,11-14H2,2-5H3. The first-order valence-electron chi connectivity index (χ1n) is 10.7. The highest BCUT2D eigenvalue weighted by molar-refractivity contribution is 6.52. The van der Waals surface area contributed by atoms with Gasteiger partial charge in [0.25, 0.3) is 0 Å². The molecular weight excluding hydrogens is 428 g/mol. The van der Waals surface area contributed by atoms with E-state index in [1.165, 1.54) is 19.1 Å². The molecule has 8 nitrogen and oxygen atoms in total. The predicted molar refractivity (Wildman–Crippen MR) is 121 cm³/mol. The van der Waals surface area contributed by atoms with E-state index in [4.69, 9.17) is 4.74 Å². The molecule has 2 rings (SSSR count). The number of allylic oxidation sites excluding steroid dienone is 1. The lowest BCUT2D eigenvalue weighted by Gasteiger charge is -2.31. The zero-order valence-corrected chi connectivity index (χ0v) is 19.4. The molecule has 0 saturated heterocycles. The third-order valence-electron chi connectivity index (χ3n) is 5.87. The fourth-order valence-electron chi connectivity index (χ4n) is 3.47. The van der Waals surface area contributed by atoms with Crippen molar-refractivity contribution in [1.82, 2.24) is 0 Å². The average Bonchev–Trinajstić information content (AvgIpc) is 2.77. The number of ketones is 2. The number of Topliss-reactive ketones (excluding diaryl/α,β-unsaturated/α-hetero) is 2. The summed E-state index contributed by atoms with van der Waals surface area (Å²) < 4.78 is 5.23. The number of benzene rings is 1. The second-order valence-corrected chi connectivity index (χ2v) is 9.71. The molecule has 0 aromatic heterocycles. The van der Waals surface area contributed by atoms with Gasteiger partial charge in [-0.05, 0) is 33.1 Å². The summed E-state index contributed by atoms with van der Waals surface area (Å²) in [6.07, 6.45) is -0.272. The van der Waals surface area contributed by atoms with Crippen LogP contribution in [0.15, 0.2) is 42.5 Å². The van der Waals surface area contributed by atoms with Crippen molar-refractivity contribution < 1.29 is 39.5 Å². The Morgan fingerprint density at radius 3 is 2.24 bits per heavy atom. The van der Waals surface area contributed by atoms with Crippen molar-refractivity contribution in [3.8, 4) is 0 Å². The lowest BCUT2D eigenvalue weighted by atomic mass is 9.79. The molecule has 0 spiro atoms.